The van der Waals surface area contributed by atoms with Gasteiger partial charge < -0.3 is 9.47 Å². The van der Waals surface area contributed by atoms with Gasteiger partial charge in [0, 0.05) is 6.42 Å². The molecule has 0 saturated carbocycles. The summed E-state index contributed by atoms with van der Waals surface area (Å²) in [5.41, 5.74) is 2.19. The second kappa shape index (κ2) is 9.67. The standard InChI is InChI=1S/C22H26O3/c1-17(2)14-18(3)12-13-22(23)24-16-19-8-7-11-21(15-19)25-20-9-5-4-6-10-20/h4-11,14-15,18H,12-13,16H2,1-3H3. The SMILES string of the molecule is CC(C)=CC(C)CCC(=O)OCc1cccc(Oc2ccccc2)c1. The Morgan fingerprint density at radius 2 is 1.76 bits per heavy atom. The van der Waals surface area contributed by atoms with Gasteiger partial charge in [-0.3, -0.25) is 4.79 Å². The van der Waals surface area contributed by atoms with Crippen LogP contribution in [0.5, 0.6) is 11.5 Å². The lowest BCUT2D eigenvalue weighted by Gasteiger charge is -2.10. The highest BCUT2D eigenvalue weighted by molar-refractivity contribution is 5.69. The first-order chi connectivity index (χ1) is 12.0. The van der Waals surface area contributed by atoms with Gasteiger partial charge in [0.1, 0.15) is 18.1 Å². The maximum atomic E-state index is 11.9. The van der Waals surface area contributed by atoms with Crippen LogP contribution in [-0.2, 0) is 16.1 Å². The van der Waals surface area contributed by atoms with E-state index in [0.29, 0.717) is 12.3 Å². The Hall–Kier alpha value is -2.55. The zero-order valence-corrected chi connectivity index (χ0v) is 15.2. The first kappa shape index (κ1) is 18.8. The number of ether oxygens (including phenoxy) is 2. The van der Waals surface area contributed by atoms with Crippen LogP contribution in [0.15, 0.2) is 66.2 Å². The molecule has 0 aliphatic carbocycles. The molecule has 0 saturated heterocycles. The van der Waals surface area contributed by atoms with E-state index in [2.05, 4.69) is 26.8 Å². The third-order valence-electron chi connectivity index (χ3n) is 3.70. The van der Waals surface area contributed by atoms with E-state index in [1.54, 1.807) is 0 Å². The molecule has 2 rings (SSSR count). The number of rotatable bonds is 8. The molecule has 0 aromatic heterocycles. The van der Waals surface area contributed by atoms with Gasteiger partial charge in [-0.2, -0.15) is 0 Å². The Morgan fingerprint density at radius 1 is 1.04 bits per heavy atom. The van der Waals surface area contributed by atoms with Crippen LogP contribution >= 0.6 is 0 Å². The average Bonchev–Trinajstić information content (AvgIpc) is 2.59. The number of allylic oxidation sites excluding steroid dienone is 2. The monoisotopic (exact) mass is 338 g/mol. The first-order valence-electron chi connectivity index (χ1n) is 8.65. The third kappa shape index (κ3) is 7.25. The van der Waals surface area contributed by atoms with Crippen molar-refractivity contribution in [1.29, 1.82) is 0 Å². The fourth-order valence-corrected chi connectivity index (χ4v) is 2.56. The van der Waals surface area contributed by atoms with E-state index in [1.165, 1.54) is 5.57 Å². The minimum Gasteiger partial charge on any atom is -0.461 e. The molecule has 3 heteroatoms. The van der Waals surface area contributed by atoms with Crippen LogP contribution in [-0.4, -0.2) is 5.97 Å². The van der Waals surface area contributed by atoms with E-state index >= 15 is 0 Å². The molecule has 0 aliphatic heterocycles. The number of hydrogen-bond acceptors (Lipinski definition) is 3. The summed E-state index contributed by atoms with van der Waals surface area (Å²) in [4.78, 5) is 11.9. The van der Waals surface area contributed by atoms with E-state index in [4.69, 9.17) is 9.47 Å². The first-order valence-corrected chi connectivity index (χ1v) is 8.65. The van der Waals surface area contributed by atoms with Crippen LogP contribution < -0.4 is 4.74 Å². The summed E-state index contributed by atoms with van der Waals surface area (Å²) in [5.74, 6) is 1.74. The fraction of sp³-hybridized carbons (Fsp3) is 0.318. The molecule has 0 aliphatic rings. The normalized spacial score (nSPS) is 11.5. The van der Waals surface area contributed by atoms with Crippen LogP contribution in [0.3, 0.4) is 0 Å². The van der Waals surface area contributed by atoms with Crippen LogP contribution in [0.25, 0.3) is 0 Å². The van der Waals surface area contributed by atoms with Crippen molar-refractivity contribution in [3.8, 4) is 11.5 Å². The highest BCUT2D eigenvalue weighted by Gasteiger charge is 2.07. The Balaban J connectivity index is 1.81. The summed E-state index contributed by atoms with van der Waals surface area (Å²) in [6, 6.07) is 17.2. The third-order valence-corrected chi connectivity index (χ3v) is 3.70. The van der Waals surface area contributed by atoms with Gasteiger partial charge in [-0.1, -0.05) is 48.9 Å². The van der Waals surface area contributed by atoms with Gasteiger partial charge >= 0.3 is 5.97 Å². The second-order valence-electron chi connectivity index (χ2n) is 6.48. The number of carbonyl (C=O) groups is 1. The predicted octanol–water partition coefficient (Wildman–Crippen LogP) is 5.90. The smallest absolute Gasteiger partial charge is 0.306 e. The maximum absolute atomic E-state index is 11.9. The van der Waals surface area contributed by atoms with Gasteiger partial charge in [0.2, 0.25) is 0 Å². The fourth-order valence-electron chi connectivity index (χ4n) is 2.56. The summed E-state index contributed by atoms with van der Waals surface area (Å²) >= 11 is 0. The Morgan fingerprint density at radius 3 is 2.48 bits per heavy atom. The molecule has 25 heavy (non-hydrogen) atoms. The van der Waals surface area contributed by atoms with Gasteiger partial charge in [-0.15, -0.1) is 0 Å². The molecule has 0 bridgehead atoms. The number of benzene rings is 2. The quantitative estimate of drug-likeness (QED) is 0.444. The molecule has 0 radical (unpaired) electrons. The Bertz CT molecular complexity index is 700. The number of para-hydroxylation sites is 1. The zero-order chi connectivity index (χ0) is 18.1. The molecule has 0 amide bonds. The van der Waals surface area contributed by atoms with Crippen molar-refractivity contribution in [2.24, 2.45) is 5.92 Å². The second-order valence-corrected chi connectivity index (χ2v) is 6.48. The molecule has 0 heterocycles. The van der Waals surface area contributed by atoms with Crippen molar-refractivity contribution in [2.45, 2.75) is 40.2 Å². The van der Waals surface area contributed by atoms with Gasteiger partial charge in [0.05, 0.1) is 0 Å². The topological polar surface area (TPSA) is 35.5 Å². The van der Waals surface area contributed by atoms with Crippen molar-refractivity contribution < 1.29 is 14.3 Å². The molecule has 1 unspecified atom stereocenters. The zero-order valence-electron chi connectivity index (χ0n) is 15.2. The van der Waals surface area contributed by atoms with Crippen molar-refractivity contribution in [1.82, 2.24) is 0 Å². The summed E-state index contributed by atoms with van der Waals surface area (Å²) in [5, 5.41) is 0. The minimum absolute atomic E-state index is 0.164. The molecule has 0 N–H and O–H groups in total. The lowest BCUT2D eigenvalue weighted by Crippen LogP contribution is -2.06. The molecular weight excluding hydrogens is 312 g/mol. The van der Waals surface area contributed by atoms with Gasteiger partial charge in [0.25, 0.3) is 0 Å². The lowest BCUT2D eigenvalue weighted by molar-refractivity contribution is -0.145. The number of esters is 1. The molecule has 1 atom stereocenters. The molecule has 2 aromatic rings. The summed E-state index contributed by atoms with van der Waals surface area (Å²) in [6.45, 7) is 6.52. The van der Waals surface area contributed by atoms with Crippen LogP contribution in [0.2, 0.25) is 0 Å². The average molecular weight is 338 g/mol. The van der Waals surface area contributed by atoms with Crippen molar-refractivity contribution in [2.75, 3.05) is 0 Å². The van der Waals surface area contributed by atoms with E-state index in [0.717, 1.165) is 23.5 Å². The number of hydrogen-bond donors (Lipinski definition) is 0. The van der Waals surface area contributed by atoms with E-state index in [-0.39, 0.29) is 12.6 Å². The van der Waals surface area contributed by atoms with Gasteiger partial charge in [0.15, 0.2) is 0 Å². The van der Waals surface area contributed by atoms with Crippen LogP contribution in [0.1, 0.15) is 39.2 Å². The Labute approximate surface area is 150 Å². The largest absolute Gasteiger partial charge is 0.461 e. The van der Waals surface area contributed by atoms with E-state index in [1.807, 2.05) is 54.6 Å². The lowest BCUT2D eigenvalue weighted by atomic mass is 10.0. The summed E-state index contributed by atoms with van der Waals surface area (Å²) in [6.07, 6.45) is 3.42. The molecule has 2 aromatic carbocycles. The highest BCUT2D eigenvalue weighted by atomic mass is 16.5. The maximum Gasteiger partial charge on any atom is 0.306 e. The minimum atomic E-state index is -0.164. The molecule has 3 nitrogen and oxygen atoms in total. The van der Waals surface area contributed by atoms with Gasteiger partial charge in [-0.25, -0.2) is 0 Å². The molecule has 0 spiro atoms. The van der Waals surface area contributed by atoms with Crippen LogP contribution in [0, 0.1) is 5.92 Å². The number of carbonyl (C=O) groups excluding carboxylic acids is 1. The van der Waals surface area contributed by atoms with Crippen molar-refractivity contribution >= 4 is 5.97 Å². The van der Waals surface area contributed by atoms with Crippen molar-refractivity contribution in [3.63, 3.8) is 0 Å². The van der Waals surface area contributed by atoms with E-state index in [9.17, 15) is 4.79 Å². The Kier molecular flexibility index (Phi) is 7.27. The molecular formula is C22H26O3. The van der Waals surface area contributed by atoms with Crippen LogP contribution in [0.4, 0.5) is 0 Å². The summed E-state index contributed by atoms with van der Waals surface area (Å²) < 4.78 is 11.2. The van der Waals surface area contributed by atoms with Crippen molar-refractivity contribution in [3.05, 3.63) is 71.8 Å². The van der Waals surface area contributed by atoms with E-state index < -0.39 is 0 Å². The summed E-state index contributed by atoms with van der Waals surface area (Å²) in [7, 11) is 0. The highest BCUT2D eigenvalue weighted by Crippen LogP contribution is 2.22. The predicted molar refractivity (Wildman–Crippen MR) is 101 cm³/mol. The molecule has 0 fully saturated rings. The molecule has 132 valence electrons. The van der Waals surface area contributed by atoms with Gasteiger partial charge in [-0.05, 0) is 56.0 Å².